The van der Waals surface area contributed by atoms with Crippen LogP contribution >= 0.6 is 0 Å². The zero-order valence-corrected chi connectivity index (χ0v) is 21.5. The van der Waals surface area contributed by atoms with Gasteiger partial charge in [0, 0.05) is 27.7 Å². The molecule has 0 unspecified atom stereocenters. The SMILES string of the molecule is CC(=O)N[C@@H]1[C@@H](OC(C)=O)[C@H](OC(C)=O)[C@@H](COC(C)=O)O[C@H]1n1c(-c2ccccc2)c(C#N)c(=O)[nH]c1=O. The number of nitrogens with one attached hydrogen (secondary N) is 2. The highest BCUT2D eigenvalue weighted by Crippen LogP contribution is 2.35. The summed E-state index contributed by atoms with van der Waals surface area (Å²) in [6.45, 7) is 3.95. The smallest absolute Gasteiger partial charge is 0.331 e. The minimum absolute atomic E-state index is 0.147. The molecular weight excluding hydrogens is 516 g/mol. The Balaban J connectivity index is 2.35. The number of benzene rings is 1. The minimum atomic E-state index is -1.56. The molecule has 0 saturated carbocycles. The van der Waals surface area contributed by atoms with Crippen LogP contribution in [-0.2, 0) is 38.1 Å². The maximum atomic E-state index is 13.3. The second kappa shape index (κ2) is 12.2. The van der Waals surface area contributed by atoms with Gasteiger partial charge in [-0.15, -0.1) is 0 Å². The molecular formula is C25H26N4O10. The van der Waals surface area contributed by atoms with Crippen LogP contribution in [0.25, 0.3) is 11.3 Å². The summed E-state index contributed by atoms with van der Waals surface area (Å²) in [5.41, 5.74) is -2.28. The van der Waals surface area contributed by atoms with Crippen LogP contribution < -0.4 is 16.6 Å². The summed E-state index contributed by atoms with van der Waals surface area (Å²) in [7, 11) is 0. The number of aromatic nitrogens is 2. The van der Waals surface area contributed by atoms with Crippen LogP contribution in [0, 0.1) is 11.3 Å². The number of H-pyrrole nitrogens is 1. The number of carbonyl (C=O) groups is 4. The van der Waals surface area contributed by atoms with Gasteiger partial charge >= 0.3 is 23.6 Å². The standard InChI is InChI=1S/C25H26N4O10/c1-12(30)27-19-22(38-15(4)33)21(37-14(3)32)18(11-36-13(2)31)39-24(19)29-20(16-8-6-5-7-9-16)17(10-26)23(34)28-25(29)35/h5-9,18-19,21-22,24H,11H2,1-4H3,(H,27,30)(H,28,34,35)/t18-,19-,21-,22-,24-/m1/s1. The van der Waals surface area contributed by atoms with Crippen LogP contribution in [-0.4, -0.2) is 64.3 Å². The van der Waals surface area contributed by atoms with Crippen molar-refractivity contribution in [1.82, 2.24) is 14.9 Å². The maximum absolute atomic E-state index is 13.3. The molecule has 0 radical (unpaired) electrons. The van der Waals surface area contributed by atoms with Crippen molar-refractivity contribution in [2.75, 3.05) is 6.61 Å². The van der Waals surface area contributed by atoms with E-state index in [1.54, 1.807) is 36.4 Å². The van der Waals surface area contributed by atoms with Crippen molar-refractivity contribution in [2.45, 2.75) is 58.3 Å². The van der Waals surface area contributed by atoms with Crippen molar-refractivity contribution in [3.8, 4) is 17.3 Å². The van der Waals surface area contributed by atoms with Crippen molar-refractivity contribution in [3.63, 3.8) is 0 Å². The van der Waals surface area contributed by atoms with Crippen molar-refractivity contribution >= 4 is 23.8 Å². The highest BCUT2D eigenvalue weighted by atomic mass is 16.6. The fraction of sp³-hybridized carbons (Fsp3) is 0.400. The molecule has 1 saturated heterocycles. The summed E-state index contributed by atoms with van der Waals surface area (Å²) in [6, 6.07) is 8.39. The number of nitriles is 1. The lowest BCUT2D eigenvalue weighted by molar-refractivity contribution is -0.237. The van der Waals surface area contributed by atoms with Gasteiger partial charge in [0.25, 0.3) is 5.56 Å². The lowest BCUT2D eigenvalue weighted by atomic mass is 9.94. The van der Waals surface area contributed by atoms with E-state index in [2.05, 4.69) is 10.3 Å². The molecule has 1 aromatic heterocycles. The molecule has 1 aliphatic rings. The van der Waals surface area contributed by atoms with Gasteiger partial charge < -0.3 is 24.3 Å². The highest BCUT2D eigenvalue weighted by molar-refractivity contribution is 5.74. The summed E-state index contributed by atoms with van der Waals surface area (Å²) < 4.78 is 23.0. The van der Waals surface area contributed by atoms with Gasteiger partial charge in [-0.05, 0) is 5.56 Å². The van der Waals surface area contributed by atoms with E-state index >= 15 is 0 Å². The number of carbonyl (C=O) groups excluding carboxylic acids is 4. The molecule has 0 bridgehead atoms. The van der Waals surface area contributed by atoms with Gasteiger partial charge in [-0.3, -0.25) is 33.5 Å². The molecule has 2 heterocycles. The summed E-state index contributed by atoms with van der Waals surface area (Å²) in [5, 5.41) is 12.4. The molecule has 2 aromatic rings. The number of amides is 1. The van der Waals surface area contributed by atoms with E-state index in [1.807, 2.05) is 0 Å². The van der Waals surface area contributed by atoms with Gasteiger partial charge in [0.1, 0.15) is 30.4 Å². The Morgan fingerprint density at radius 3 is 2.15 bits per heavy atom. The van der Waals surface area contributed by atoms with E-state index in [0.29, 0.717) is 0 Å². The first-order valence-electron chi connectivity index (χ1n) is 11.7. The first kappa shape index (κ1) is 28.8. The van der Waals surface area contributed by atoms with Crippen LogP contribution in [0.2, 0.25) is 0 Å². The van der Waals surface area contributed by atoms with Crippen molar-refractivity contribution in [3.05, 3.63) is 56.7 Å². The number of hydrogen-bond donors (Lipinski definition) is 2. The molecule has 14 nitrogen and oxygen atoms in total. The Bertz CT molecular complexity index is 1430. The lowest BCUT2D eigenvalue weighted by Gasteiger charge is -2.46. The molecule has 14 heteroatoms. The summed E-state index contributed by atoms with van der Waals surface area (Å²) in [6.07, 6.45) is -5.72. The molecule has 3 rings (SSSR count). The second-order valence-electron chi connectivity index (χ2n) is 8.57. The number of aromatic amines is 1. The highest BCUT2D eigenvalue weighted by Gasteiger charge is 2.52. The Morgan fingerprint density at radius 2 is 1.62 bits per heavy atom. The summed E-state index contributed by atoms with van der Waals surface area (Å²) in [4.78, 5) is 76.0. The van der Waals surface area contributed by atoms with E-state index in [-0.39, 0.29) is 11.3 Å². The normalized spacial score (nSPS) is 22.2. The average Bonchev–Trinajstić information content (AvgIpc) is 2.85. The van der Waals surface area contributed by atoms with Crippen LogP contribution in [0.4, 0.5) is 0 Å². The van der Waals surface area contributed by atoms with E-state index in [0.717, 1.165) is 32.3 Å². The largest absolute Gasteiger partial charge is 0.463 e. The van der Waals surface area contributed by atoms with Crippen LogP contribution in [0.15, 0.2) is 39.9 Å². The van der Waals surface area contributed by atoms with Crippen LogP contribution in [0.3, 0.4) is 0 Å². The number of hydrogen-bond acceptors (Lipinski definition) is 11. The van der Waals surface area contributed by atoms with Crippen molar-refractivity contribution in [1.29, 1.82) is 5.26 Å². The van der Waals surface area contributed by atoms with Gasteiger partial charge in [-0.1, -0.05) is 30.3 Å². The Morgan fingerprint density at radius 1 is 1.00 bits per heavy atom. The fourth-order valence-electron chi connectivity index (χ4n) is 4.30. The van der Waals surface area contributed by atoms with Gasteiger partial charge in [0.15, 0.2) is 18.4 Å². The first-order chi connectivity index (χ1) is 18.4. The zero-order chi connectivity index (χ0) is 28.9. The number of nitrogens with zero attached hydrogens (tertiary/aromatic N) is 2. The molecule has 0 spiro atoms. The van der Waals surface area contributed by atoms with Gasteiger partial charge in [-0.25, -0.2) is 4.79 Å². The minimum Gasteiger partial charge on any atom is -0.463 e. The Hall–Kier alpha value is -4.77. The fourth-order valence-corrected chi connectivity index (χ4v) is 4.30. The number of rotatable bonds is 7. The predicted molar refractivity (Wildman–Crippen MR) is 131 cm³/mol. The summed E-state index contributed by atoms with van der Waals surface area (Å²) >= 11 is 0. The van der Waals surface area contributed by atoms with E-state index in [1.165, 1.54) is 0 Å². The van der Waals surface area contributed by atoms with Gasteiger partial charge in [-0.2, -0.15) is 5.26 Å². The Kier molecular flexibility index (Phi) is 9.00. The first-order valence-corrected chi connectivity index (χ1v) is 11.7. The monoisotopic (exact) mass is 542 g/mol. The molecule has 5 atom stereocenters. The molecule has 206 valence electrons. The van der Waals surface area contributed by atoms with Gasteiger partial charge in [0.05, 0.1) is 5.69 Å². The molecule has 1 aliphatic heterocycles. The lowest BCUT2D eigenvalue weighted by Crippen LogP contribution is -2.65. The quantitative estimate of drug-likeness (QED) is 0.350. The van der Waals surface area contributed by atoms with E-state index < -0.39 is 77.8 Å². The van der Waals surface area contributed by atoms with Gasteiger partial charge in [0.2, 0.25) is 5.91 Å². The molecule has 1 amide bonds. The number of ether oxygens (including phenoxy) is 4. The third kappa shape index (κ3) is 6.57. The third-order valence-corrected chi connectivity index (χ3v) is 5.65. The van der Waals surface area contributed by atoms with E-state index in [9.17, 15) is 34.0 Å². The second-order valence-corrected chi connectivity index (χ2v) is 8.57. The van der Waals surface area contributed by atoms with Crippen LogP contribution in [0.1, 0.15) is 39.5 Å². The predicted octanol–water partition coefficient (Wildman–Crippen LogP) is -0.0961. The van der Waals surface area contributed by atoms with E-state index in [4.69, 9.17) is 18.9 Å². The Labute approximate surface area is 221 Å². The molecule has 1 fully saturated rings. The maximum Gasteiger partial charge on any atom is 0.331 e. The molecule has 2 N–H and O–H groups in total. The number of esters is 3. The summed E-state index contributed by atoms with van der Waals surface area (Å²) in [5.74, 6) is -2.96. The van der Waals surface area contributed by atoms with Crippen LogP contribution in [0.5, 0.6) is 0 Å². The zero-order valence-electron chi connectivity index (χ0n) is 21.5. The van der Waals surface area contributed by atoms with Crippen molar-refractivity contribution in [2.24, 2.45) is 0 Å². The average molecular weight is 543 g/mol. The third-order valence-electron chi connectivity index (χ3n) is 5.65. The molecule has 1 aromatic carbocycles. The molecule has 39 heavy (non-hydrogen) atoms. The topological polar surface area (TPSA) is 196 Å². The molecule has 0 aliphatic carbocycles. The van der Waals surface area contributed by atoms with Crippen molar-refractivity contribution < 1.29 is 38.1 Å².